The van der Waals surface area contributed by atoms with Crippen LogP contribution in [0.3, 0.4) is 0 Å². The van der Waals surface area contributed by atoms with Gasteiger partial charge in [0.05, 0.1) is 0 Å². The molecule has 2 unspecified atom stereocenters. The van der Waals surface area contributed by atoms with Gasteiger partial charge in [0.25, 0.3) is 0 Å². The Morgan fingerprint density at radius 1 is 1.00 bits per heavy atom. The van der Waals surface area contributed by atoms with Crippen LogP contribution in [0.2, 0.25) is 0 Å². The van der Waals surface area contributed by atoms with Crippen molar-refractivity contribution in [1.82, 2.24) is 0 Å². The molecule has 0 aliphatic heterocycles. The monoisotopic (exact) mass is 414 g/mol. The van der Waals surface area contributed by atoms with Crippen molar-refractivity contribution in [2.24, 2.45) is 5.92 Å². The molecule has 31 heavy (non-hydrogen) atoms. The van der Waals surface area contributed by atoms with Gasteiger partial charge in [0.2, 0.25) is 0 Å². The average Bonchev–Trinajstić information content (AvgIpc) is 2.73. The lowest BCUT2D eigenvalue weighted by atomic mass is 9.78. The van der Waals surface area contributed by atoms with Gasteiger partial charge in [-0.3, -0.25) is 0 Å². The van der Waals surface area contributed by atoms with Crippen LogP contribution in [0.5, 0.6) is 5.75 Å². The third-order valence-corrected chi connectivity index (χ3v) is 6.37. The molecule has 3 nitrogen and oxygen atoms in total. The lowest BCUT2D eigenvalue weighted by molar-refractivity contribution is -0.157. The van der Waals surface area contributed by atoms with Gasteiger partial charge >= 0.3 is 5.97 Å². The Labute approximate surface area is 184 Å². The van der Waals surface area contributed by atoms with Crippen LogP contribution in [0.4, 0.5) is 0 Å². The number of rotatable bonds is 5. The second-order valence-corrected chi connectivity index (χ2v) is 9.20. The molecule has 4 rings (SSSR count). The minimum absolute atomic E-state index is 0.0422. The first-order valence-electron chi connectivity index (χ1n) is 10.9. The number of benzene rings is 3. The number of carbonyl (C=O) groups is 1. The summed E-state index contributed by atoms with van der Waals surface area (Å²) in [4.78, 5) is 12.1. The van der Waals surface area contributed by atoms with Gasteiger partial charge in [-0.2, -0.15) is 0 Å². The van der Waals surface area contributed by atoms with Crippen molar-refractivity contribution in [1.29, 1.82) is 0 Å². The van der Waals surface area contributed by atoms with E-state index in [4.69, 9.17) is 9.47 Å². The molecule has 3 heteroatoms. The summed E-state index contributed by atoms with van der Waals surface area (Å²) in [6.07, 6.45) is 3.84. The van der Waals surface area contributed by atoms with Crippen molar-refractivity contribution in [3.05, 3.63) is 78.4 Å². The fourth-order valence-electron chi connectivity index (χ4n) is 4.27. The van der Waals surface area contributed by atoms with E-state index in [9.17, 15) is 4.79 Å². The van der Waals surface area contributed by atoms with Crippen LogP contribution in [0.25, 0.3) is 21.5 Å². The zero-order valence-corrected chi connectivity index (χ0v) is 18.8. The molecule has 2 atom stereocenters. The van der Waals surface area contributed by atoms with Crippen LogP contribution >= 0.6 is 0 Å². The van der Waals surface area contributed by atoms with Gasteiger partial charge in [0.1, 0.15) is 17.5 Å². The first-order valence-corrected chi connectivity index (χ1v) is 10.9. The fraction of sp³-hybridized carbons (Fsp3) is 0.321. The molecule has 0 heterocycles. The van der Waals surface area contributed by atoms with Gasteiger partial charge in [-0.05, 0) is 91.9 Å². The number of hydrogen-bond donors (Lipinski definition) is 0. The Balaban J connectivity index is 1.55. The Bertz CT molecular complexity index is 1190. The maximum atomic E-state index is 12.1. The van der Waals surface area contributed by atoms with Gasteiger partial charge < -0.3 is 9.47 Å². The SMILES string of the molecule is C=C(C)C(=O)OC(C)(C)C1CC=C(C)C(Oc2ccc3cc4ccccc4cc3c2)C1. The number of allylic oxidation sites excluding steroid dienone is 1. The summed E-state index contributed by atoms with van der Waals surface area (Å²) < 4.78 is 12.2. The molecular weight excluding hydrogens is 384 g/mol. The molecule has 0 spiro atoms. The second kappa shape index (κ2) is 8.22. The van der Waals surface area contributed by atoms with E-state index < -0.39 is 5.60 Å². The van der Waals surface area contributed by atoms with E-state index in [2.05, 4.69) is 68.1 Å². The van der Waals surface area contributed by atoms with Gasteiger partial charge in [-0.1, -0.05) is 43.0 Å². The molecule has 0 bridgehead atoms. The molecule has 1 aliphatic carbocycles. The number of esters is 1. The quantitative estimate of drug-likeness (QED) is 0.195. The molecule has 0 radical (unpaired) electrons. The van der Waals surface area contributed by atoms with E-state index in [1.54, 1.807) is 6.92 Å². The van der Waals surface area contributed by atoms with Crippen molar-refractivity contribution in [2.75, 3.05) is 0 Å². The number of carbonyl (C=O) groups excluding carboxylic acids is 1. The lowest BCUT2D eigenvalue weighted by Crippen LogP contribution is -2.41. The minimum Gasteiger partial charge on any atom is -0.486 e. The third-order valence-electron chi connectivity index (χ3n) is 6.37. The highest BCUT2D eigenvalue weighted by Gasteiger charge is 2.37. The maximum Gasteiger partial charge on any atom is 0.333 e. The predicted molar refractivity (Wildman–Crippen MR) is 127 cm³/mol. The van der Waals surface area contributed by atoms with E-state index in [1.165, 1.54) is 27.1 Å². The zero-order chi connectivity index (χ0) is 22.2. The van der Waals surface area contributed by atoms with Crippen LogP contribution in [0, 0.1) is 5.92 Å². The van der Waals surface area contributed by atoms with Crippen molar-refractivity contribution in [2.45, 2.75) is 52.2 Å². The van der Waals surface area contributed by atoms with Crippen molar-refractivity contribution >= 4 is 27.5 Å². The smallest absolute Gasteiger partial charge is 0.333 e. The number of ether oxygens (including phenoxy) is 2. The van der Waals surface area contributed by atoms with Crippen LogP contribution in [-0.4, -0.2) is 17.7 Å². The highest BCUT2D eigenvalue weighted by molar-refractivity contribution is 5.98. The number of hydrogen-bond acceptors (Lipinski definition) is 3. The highest BCUT2D eigenvalue weighted by atomic mass is 16.6. The molecule has 3 aromatic carbocycles. The summed E-state index contributed by atoms with van der Waals surface area (Å²) in [5.74, 6) is 0.697. The summed E-state index contributed by atoms with van der Waals surface area (Å²) in [5.41, 5.74) is 1.06. The molecule has 0 fully saturated rings. The van der Waals surface area contributed by atoms with Crippen LogP contribution < -0.4 is 4.74 Å². The van der Waals surface area contributed by atoms with E-state index in [1.807, 2.05) is 19.9 Å². The minimum atomic E-state index is -0.586. The summed E-state index contributed by atoms with van der Waals surface area (Å²) in [6, 6.07) is 19.1. The van der Waals surface area contributed by atoms with E-state index in [0.717, 1.165) is 18.6 Å². The topological polar surface area (TPSA) is 35.5 Å². The molecule has 0 N–H and O–H groups in total. The van der Waals surface area contributed by atoms with Crippen LogP contribution in [0.15, 0.2) is 78.4 Å². The largest absolute Gasteiger partial charge is 0.486 e. The fourth-order valence-corrected chi connectivity index (χ4v) is 4.27. The average molecular weight is 415 g/mol. The van der Waals surface area contributed by atoms with Gasteiger partial charge in [0.15, 0.2) is 0 Å². The van der Waals surface area contributed by atoms with E-state index in [-0.39, 0.29) is 18.0 Å². The van der Waals surface area contributed by atoms with Gasteiger partial charge in [-0.15, -0.1) is 0 Å². The van der Waals surface area contributed by atoms with E-state index in [0.29, 0.717) is 5.57 Å². The molecule has 0 saturated heterocycles. The molecule has 160 valence electrons. The highest BCUT2D eigenvalue weighted by Crippen LogP contribution is 2.37. The first-order chi connectivity index (χ1) is 14.7. The van der Waals surface area contributed by atoms with Crippen LogP contribution in [-0.2, 0) is 9.53 Å². The van der Waals surface area contributed by atoms with Crippen molar-refractivity contribution in [3.8, 4) is 5.75 Å². The summed E-state index contributed by atoms with van der Waals surface area (Å²) in [7, 11) is 0. The molecule has 3 aromatic rings. The Kier molecular flexibility index (Phi) is 5.62. The Hall–Kier alpha value is -3.07. The normalized spacial score (nSPS) is 19.2. The Morgan fingerprint density at radius 2 is 1.65 bits per heavy atom. The predicted octanol–water partition coefficient (Wildman–Crippen LogP) is 6.99. The third kappa shape index (κ3) is 4.51. The van der Waals surface area contributed by atoms with Gasteiger partial charge in [-0.25, -0.2) is 4.79 Å². The zero-order valence-electron chi connectivity index (χ0n) is 18.8. The summed E-state index contributed by atoms with van der Waals surface area (Å²) in [5, 5.41) is 4.83. The summed E-state index contributed by atoms with van der Waals surface area (Å²) in [6.45, 7) is 11.4. The van der Waals surface area contributed by atoms with Crippen molar-refractivity contribution < 1.29 is 14.3 Å². The number of fused-ring (bicyclic) bond motifs is 2. The molecular formula is C28H30O3. The van der Waals surface area contributed by atoms with E-state index >= 15 is 0 Å². The second-order valence-electron chi connectivity index (χ2n) is 9.20. The standard InChI is InChI=1S/C28H30O3/c1-18(2)27(29)31-28(4,5)24-12-10-19(3)26(17-24)30-25-13-11-22-14-20-8-6-7-9-21(20)15-23(22)16-25/h6-11,13-16,24,26H,1,12,17H2,2-5H3. The lowest BCUT2D eigenvalue weighted by Gasteiger charge is -2.38. The first kappa shape index (κ1) is 21.2. The molecule has 0 amide bonds. The molecule has 0 saturated carbocycles. The molecule has 0 aromatic heterocycles. The van der Waals surface area contributed by atoms with Crippen molar-refractivity contribution in [3.63, 3.8) is 0 Å². The Morgan fingerprint density at radius 3 is 2.32 bits per heavy atom. The van der Waals surface area contributed by atoms with Gasteiger partial charge in [0, 0.05) is 11.5 Å². The summed E-state index contributed by atoms with van der Waals surface area (Å²) >= 11 is 0. The maximum absolute atomic E-state index is 12.1. The van der Waals surface area contributed by atoms with Crippen LogP contribution in [0.1, 0.15) is 40.5 Å². The molecule has 1 aliphatic rings.